The van der Waals surface area contributed by atoms with Crippen LogP contribution in [0.3, 0.4) is 0 Å². The standard InChI is InChI=1S/C12H14N6/c13-9-11-3-5-16-17-12(11)15-4-1-2-7-18-8-6-14-10-18/h3,5-6,8,10H,1-2,4,7H2,(H,15,17). The first-order valence-electron chi connectivity index (χ1n) is 5.81. The van der Waals surface area contributed by atoms with Gasteiger partial charge in [0, 0.05) is 25.5 Å². The van der Waals surface area contributed by atoms with Crippen LogP contribution in [0.2, 0.25) is 0 Å². The number of rotatable bonds is 6. The third-order valence-electron chi connectivity index (χ3n) is 2.54. The zero-order chi connectivity index (χ0) is 12.6. The first-order valence-corrected chi connectivity index (χ1v) is 5.81. The minimum Gasteiger partial charge on any atom is -0.367 e. The molecule has 0 bridgehead atoms. The smallest absolute Gasteiger partial charge is 0.166 e. The van der Waals surface area contributed by atoms with Gasteiger partial charge in [0.25, 0.3) is 0 Å². The minimum absolute atomic E-state index is 0.527. The molecule has 92 valence electrons. The van der Waals surface area contributed by atoms with Gasteiger partial charge in [-0.2, -0.15) is 10.4 Å². The third kappa shape index (κ3) is 3.28. The second-order valence-corrected chi connectivity index (χ2v) is 3.84. The van der Waals surface area contributed by atoms with Crippen molar-refractivity contribution in [3.63, 3.8) is 0 Å². The van der Waals surface area contributed by atoms with E-state index in [0.29, 0.717) is 11.4 Å². The Morgan fingerprint density at radius 2 is 2.28 bits per heavy atom. The molecule has 0 saturated carbocycles. The maximum Gasteiger partial charge on any atom is 0.166 e. The van der Waals surface area contributed by atoms with Crippen molar-refractivity contribution in [3.8, 4) is 6.07 Å². The highest BCUT2D eigenvalue weighted by Crippen LogP contribution is 2.08. The van der Waals surface area contributed by atoms with Crippen LogP contribution in [0.1, 0.15) is 18.4 Å². The Kier molecular flexibility index (Phi) is 4.25. The molecule has 0 unspecified atom stereocenters. The summed E-state index contributed by atoms with van der Waals surface area (Å²) in [4.78, 5) is 3.98. The van der Waals surface area contributed by atoms with E-state index in [2.05, 4.69) is 26.6 Å². The third-order valence-corrected chi connectivity index (χ3v) is 2.54. The Balaban J connectivity index is 1.71. The number of unbranched alkanes of at least 4 members (excludes halogenated alkanes) is 1. The van der Waals surface area contributed by atoms with Crippen molar-refractivity contribution in [3.05, 3.63) is 36.5 Å². The number of hydrogen-bond donors (Lipinski definition) is 1. The molecule has 2 heterocycles. The Morgan fingerprint density at radius 1 is 1.33 bits per heavy atom. The monoisotopic (exact) mass is 242 g/mol. The molecule has 1 N–H and O–H groups in total. The van der Waals surface area contributed by atoms with Gasteiger partial charge in [0.05, 0.1) is 18.1 Å². The summed E-state index contributed by atoms with van der Waals surface area (Å²) in [5.74, 6) is 0.558. The number of nitrogens with one attached hydrogen (secondary N) is 1. The number of nitriles is 1. The van der Waals surface area contributed by atoms with Gasteiger partial charge < -0.3 is 9.88 Å². The molecule has 6 nitrogen and oxygen atoms in total. The molecule has 0 aliphatic rings. The van der Waals surface area contributed by atoms with Gasteiger partial charge in [-0.15, -0.1) is 5.10 Å². The zero-order valence-corrected chi connectivity index (χ0v) is 9.95. The Bertz CT molecular complexity index is 514. The fourth-order valence-corrected chi connectivity index (χ4v) is 1.60. The number of aryl methyl sites for hydroxylation is 1. The Labute approximate surface area is 105 Å². The first kappa shape index (κ1) is 12.0. The second kappa shape index (κ2) is 6.35. The van der Waals surface area contributed by atoms with Crippen LogP contribution >= 0.6 is 0 Å². The van der Waals surface area contributed by atoms with Crippen molar-refractivity contribution in [2.45, 2.75) is 19.4 Å². The van der Waals surface area contributed by atoms with E-state index in [9.17, 15) is 0 Å². The first-order chi connectivity index (χ1) is 8.90. The summed E-state index contributed by atoms with van der Waals surface area (Å²) in [6, 6.07) is 3.74. The lowest BCUT2D eigenvalue weighted by Crippen LogP contribution is -2.07. The molecule has 2 rings (SSSR count). The lowest BCUT2D eigenvalue weighted by Gasteiger charge is -2.06. The summed E-state index contributed by atoms with van der Waals surface area (Å²) in [7, 11) is 0. The maximum atomic E-state index is 8.88. The number of imidazole rings is 1. The molecule has 0 radical (unpaired) electrons. The van der Waals surface area contributed by atoms with E-state index in [0.717, 1.165) is 25.9 Å². The van der Waals surface area contributed by atoms with Crippen LogP contribution in [0.15, 0.2) is 31.0 Å². The van der Waals surface area contributed by atoms with Gasteiger partial charge in [-0.3, -0.25) is 0 Å². The minimum atomic E-state index is 0.527. The van der Waals surface area contributed by atoms with Crippen LogP contribution in [0.5, 0.6) is 0 Å². The van der Waals surface area contributed by atoms with E-state index in [1.165, 1.54) is 6.20 Å². The molecule has 0 aliphatic carbocycles. The van der Waals surface area contributed by atoms with Gasteiger partial charge in [-0.1, -0.05) is 0 Å². The van der Waals surface area contributed by atoms with Gasteiger partial charge in [0.15, 0.2) is 5.82 Å². The largest absolute Gasteiger partial charge is 0.367 e. The second-order valence-electron chi connectivity index (χ2n) is 3.84. The lowest BCUT2D eigenvalue weighted by molar-refractivity contribution is 0.620. The van der Waals surface area contributed by atoms with Gasteiger partial charge in [0.1, 0.15) is 6.07 Å². The van der Waals surface area contributed by atoms with E-state index in [-0.39, 0.29) is 0 Å². The molecule has 0 aromatic carbocycles. The normalized spacial score (nSPS) is 9.94. The van der Waals surface area contributed by atoms with Gasteiger partial charge in [-0.25, -0.2) is 4.98 Å². The van der Waals surface area contributed by atoms with Crippen LogP contribution in [0.4, 0.5) is 5.82 Å². The molecule has 0 aliphatic heterocycles. The maximum absolute atomic E-state index is 8.88. The topological polar surface area (TPSA) is 79.4 Å². The van der Waals surface area contributed by atoms with Crippen LogP contribution in [-0.2, 0) is 6.54 Å². The van der Waals surface area contributed by atoms with Crippen LogP contribution in [0.25, 0.3) is 0 Å². The summed E-state index contributed by atoms with van der Waals surface area (Å²) >= 11 is 0. The molecule has 6 heteroatoms. The predicted molar refractivity (Wildman–Crippen MR) is 66.7 cm³/mol. The summed E-state index contributed by atoms with van der Waals surface area (Å²) in [5.41, 5.74) is 0.527. The fourth-order valence-electron chi connectivity index (χ4n) is 1.60. The van der Waals surface area contributed by atoms with E-state index in [1.807, 2.05) is 17.1 Å². The molecule has 2 aromatic heterocycles. The molecule has 0 spiro atoms. The number of hydrogen-bond acceptors (Lipinski definition) is 5. The van der Waals surface area contributed by atoms with Crippen molar-refractivity contribution in [2.75, 3.05) is 11.9 Å². The number of aromatic nitrogens is 4. The van der Waals surface area contributed by atoms with Crippen LogP contribution in [-0.4, -0.2) is 26.3 Å². The van der Waals surface area contributed by atoms with E-state index in [1.54, 1.807) is 12.3 Å². The molecule has 2 aromatic rings. The Morgan fingerprint density at radius 3 is 3.06 bits per heavy atom. The van der Waals surface area contributed by atoms with Gasteiger partial charge >= 0.3 is 0 Å². The summed E-state index contributed by atoms with van der Waals surface area (Å²) < 4.78 is 2.04. The van der Waals surface area contributed by atoms with E-state index in [4.69, 9.17) is 5.26 Å². The quantitative estimate of drug-likeness (QED) is 0.775. The highest BCUT2D eigenvalue weighted by Gasteiger charge is 2.01. The van der Waals surface area contributed by atoms with Gasteiger partial charge in [-0.05, 0) is 18.9 Å². The summed E-state index contributed by atoms with van der Waals surface area (Å²) in [5, 5.41) is 19.7. The average molecular weight is 242 g/mol. The van der Waals surface area contributed by atoms with Crippen molar-refractivity contribution in [2.24, 2.45) is 0 Å². The molecule has 18 heavy (non-hydrogen) atoms. The van der Waals surface area contributed by atoms with Crippen molar-refractivity contribution < 1.29 is 0 Å². The fraction of sp³-hybridized carbons (Fsp3) is 0.333. The molecular formula is C12H14N6. The van der Waals surface area contributed by atoms with Gasteiger partial charge in [0.2, 0.25) is 0 Å². The summed E-state index contributed by atoms with van der Waals surface area (Å²) in [6.07, 6.45) is 9.10. The highest BCUT2D eigenvalue weighted by molar-refractivity contribution is 5.49. The van der Waals surface area contributed by atoms with E-state index >= 15 is 0 Å². The molecule has 0 atom stereocenters. The highest BCUT2D eigenvalue weighted by atomic mass is 15.2. The van der Waals surface area contributed by atoms with Crippen LogP contribution in [0, 0.1) is 11.3 Å². The average Bonchev–Trinajstić information content (AvgIpc) is 2.92. The van der Waals surface area contributed by atoms with Crippen molar-refractivity contribution in [1.82, 2.24) is 19.7 Å². The number of nitrogens with zero attached hydrogens (tertiary/aromatic N) is 5. The zero-order valence-electron chi connectivity index (χ0n) is 9.95. The molecular weight excluding hydrogens is 228 g/mol. The SMILES string of the molecule is N#Cc1ccnnc1NCCCCn1ccnc1. The lowest BCUT2D eigenvalue weighted by atomic mass is 10.3. The molecule has 0 fully saturated rings. The van der Waals surface area contributed by atoms with Crippen molar-refractivity contribution >= 4 is 5.82 Å². The van der Waals surface area contributed by atoms with Crippen LogP contribution < -0.4 is 5.32 Å². The number of anilines is 1. The molecule has 0 saturated heterocycles. The summed E-state index contributed by atoms with van der Waals surface area (Å²) in [6.45, 7) is 1.73. The predicted octanol–water partition coefficient (Wildman–Crippen LogP) is 1.44. The Hall–Kier alpha value is -2.42. The molecule has 0 amide bonds. The van der Waals surface area contributed by atoms with E-state index < -0.39 is 0 Å². The van der Waals surface area contributed by atoms with Crippen molar-refractivity contribution in [1.29, 1.82) is 5.26 Å².